The maximum Gasteiger partial charge on any atom is 0.252 e. The molecule has 2 nitrogen and oxygen atoms in total. The average molecular weight is 172 g/mol. The number of aromatic amines is 1. The Bertz CT molecular complexity index is 341. The van der Waals surface area contributed by atoms with Crippen LogP contribution in [0.1, 0.15) is 16.8 Å². The van der Waals surface area contributed by atoms with Crippen molar-refractivity contribution in [1.82, 2.24) is 4.98 Å². The number of aryl methyl sites for hydroxylation is 1. The molecule has 0 saturated heterocycles. The molecule has 0 spiro atoms. The van der Waals surface area contributed by atoms with E-state index in [0.29, 0.717) is 10.6 Å². The predicted molar refractivity (Wildman–Crippen MR) is 46.3 cm³/mol. The van der Waals surface area contributed by atoms with Crippen LogP contribution < -0.4 is 5.56 Å². The molecule has 0 saturated carbocycles. The van der Waals surface area contributed by atoms with Crippen molar-refractivity contribution in [3.63, 3.8) is 0 Å². The van der Waals surface area contributed by atoms with E-state index in [-0.39, 0.29) is 5.56 Å². The van der Waals surface area contributed by atoms with Crippen molar-refractivity contribution in [3.05, 3.63) is 32.2 Å². The van der Waals surface area contributed by atoms with Crippen molar-refractivity contribution in [2.45, 2.75) is 20.8 Å². The van der Waals surface area contributed by atoms with Gasteiger partial charge in [0.2, 0.25) is 0 Å². The highest BCUT2D eigenvalue weighted by Crippen LogP contribution is 2.17. The van der Waals surface area contributed by atoms with Crippen LogP contribution in [0.25, 0.3) is 0 Å². The molecule has 0 aliphatic rings. The van der Waals surface area contributed by atoms with Gasteiger partial charge in [0.1, 0.15) is 0 Å². The molecule has 0 radical (unpaired) electrons. The lowest BCUT2D eigenvalue weighted by molar-refractivity contribution is 1.07. The van der Waals surface area contributed by atoms with E-state index in [4.69, 9.17) is 11.6 Å². The van der Waals surface area contributed by atoms with Crippen LogP contribution in [-0.4, -0.2) is 4.98 Å². The van der Waals surface area contributed by atoms with Crippen LogP contribution in [0, 0.1) is 20.8 Å². The zero-order chi connectivity index (χ0) is 8.59. The number of hydrogen-bond donors (Lipinski definition) is 1. The molecule has 0 atom stereocenters. The molecule has 1 aromatic heterocycles. The van der Waals surface area contributed by atoms with Crippen LogP contribution >= 0.6 is 11.6 Å². The van der Waals surface area contributed by atoms with E-state index in [2.05, 4.69) is 4.98 Å². The number of aromatic nitrogens is 1. The molecule has 0 bridgehead atoms. The molecule has 0 aliphatic carbocycles. The minimum atomic E-state index is -0.0990. The van der Waals surface area contributed by atoms with E-state index in [1.165, 1.54) is 0 Å². The van der Waals surface area contributed by atoms with E-state index in [1.54, 1.807) is 6.92 Å². The molecule has 0 aliphatic heterocycles. The first kappa shape index (κ1) is 8.34. The Morgan fingerprint density at radius 3 is 2.27 bits per heavy atom. The summed E-state index contributed by atoms with van der Waals surface area (Å²) in [6.07, 6.45) is 0. The monoisotopic (exact) mass is 171 g/mol. The summed E-state index contributed by atoms with van der Waals surface area (Å²) in [5, 5.41) is 0.575. The lowest BCUT2D eigenvalue weighted by atomic mass is 10.2. The highest BCUT2D eigenvalue weighted by atomic mass is 35.5. The smallest absolute Gasteiger partial charge is 0.252 e. The van der Waals surface area contributed by atoms with Crippen molar-refractivity contribution < 1.29 is 0 Å². The van der Waals surface area contributed by atoms with Gasteiger partial charge in [-0.15, -0.1) is 0 Å². The maximum atomic E-state index is 11.1. The molecule has 1 rings (SSSR count). The molecule has 1 aromatic rings. The first-order chi connectivity index (χ1) is 5.04. The zero-order valence-electron chi connectivity index (χ0n) is 6.79. The quantitative estimate of drug-likeness (QED) is 0.636. The van der Waals surface area contributed by atoms with Gasteiger partial charge in [-0.2, -0.15) is 0 Å². The molecule has 0 unspecified atom stereocenters. The number of H-pyrrole nitrogens is 1. The van der Waals surface area contributed by atoms with Gasteiger partial charge in [0.25, 0.3) is 5.56 Å². The number of halogens is 1. The van der Waals surface area contributed by atoms with Gasteiger partial charge >= 0.3 is 0 Å². The summed E-state index contributed by atoms with van der Waals surface area (Å²) < 4.78 is 0. The second-order valence-electron chi connectivity index (χ2n) is 2.64. The Morgan fingerprint density at radius 1 is 1.18 bits per heavy atom. The third-order valence-electron chi connectivity index (χ3n) is 1.86. The number of nitrogens with one attached hydrogen (secondary N) is 1. The number of rotatable bonds is 0. The molecular weight excluding hydrogens is 162 g/mol. The van der Waals surface area contributed by atoms with Crippen molar-refractivity contribution in [2.75, 3.05) is 0 Å². The first-order valence-electron chi connectivity index (χ1n) is 3.39. The average Bonchev–Trinajstić information content (AvgIpc) is 1.97. The topological polar surface area (TPSA) is 32.9 Å². The van der Waals surface area contributed by atoms with Gasteiger partial charge in [-0.05, 0) is 26.3 Å². The Labute approximate surface area is 70.2 Å². The molecule has 0 amide bonds. The highest BCUT2D eigenvalue weighted by Gasteiger charge is 2.05. The first-order valence-corrected chi connectivity index (χ1v) is 3.77. The minimum Gasteiger partial charge on any atom is -0.326 e. The summed E-state index contributed by atoms with van der Waals surface area (Å²) in [5.74, 6) is 0. The maximum absolute atomic E-state index is 11.1. The summed E-state index contributed by atoms with van der Waals surface area (Å²) >= 11 is 5.87. The van der Waals surface area contributed by atoms with Gasteiger partial charge in [0.15, 0.2) is 0 Å². The van der Waals surface area contributed by atoms with Crippen molar-refractivity contribution in [1.29, 1.82) is 0 Å². The van der Waals surface area contributed by atoms with Gasteiger partial charge in [0, 0.05) is 11.3 Å². The van der Waals surface area contributed by atoms with Gasteiger partial charge in [-0.3, -0.25) is 4.79 Å². The van der Waals surface area contributed by atoms with Crippen molar-refractivity contribution >= 4 is 11.6 Å². The fraction of sp³-hybridized carbons (Fsp3) is 0.375. The van der Waals surface area contributed by atoms with Gasteiger partial charge in [-0.1, -0.05) is 11.6 Å². The third-order valence-corrected chi connectivity index (χ3v) is 2.43. The Hall–Kier alpha value is -0.760. The van der Waals surface area contributed by atoms with Crippen LogP contribution in [0.4, 0.5) is 0 Å². The molecule has 1 heterocycles. The fourth-order valence-electron chi connectivity index (χ4n) is 0.903. The molecule has 0 fully saturated rings. The highest BCUT2D eigenvalue weighted by molar-refractivity contribution is 6.32. The van der Waals surface area contributed by atoms with E-state index >= 15 is 0 Å². The van der Waals surface area contributed by atoms with Crippen LogP contribution in [0.5, 0.6) is 0 Å². The molecule has 11 heavy (non-hydrogen) atoms. The Balaban J connectivity index is 3.59. The summed E-state index contributed by atoms with van der Waals surface area (Å²) in [5.41, 5.74) is 2.28. The van der Waals surface area contributed by atoms with Gasteiger partial charge < -0.3 is 4.98 Å². The van der Waals surface area contributed by atoms with Crippen LogP contribution in [0.15, 0.2) is 4.79 Å². The SMILES string of the molecule is Cc1[nH]c(=O)c(C)c(Cl)c1C. The molecule has 60 valence electrons. The van der Waals surface area contributed by atoms with E-state index in [9.17, 15) is 4.79 Å². The lowest BCUT2D eigenvalue weighted by Gasteiger charge is -2.03. The second-order valence-corrected chi connectivity index (χ2v) is 3.02. The molecule has 1 N–H and O–H groups in total. The summed E-state index contributed by atoms with van der Waals surface area (Å²) in [7, 11) is 0. The fourth-order valence-corrected chi connectivity index (χ4v) is 1.13. The summed E-state index contributed by atoms with van der Waals surface area (Å²) in [6.45, 7) is 5.44. The van der Waals surface area contributed by atoms with Crippen LogP contribution in [0.3, 0.4) is 0 Å². The largest absolute Gasteiger partial charge is 0.326 e. The number of pyridine rings is 1. The van der Waals surface area contributed by atoms with Crippen molar-refractivity contribution in [2.24, 2.45) is 0 Å². The Morgan fingerprint density at radius 2 is 1.73 bits per heavy atom. The van der Waals surface area contributed by atoms with Crippen molar-refractivity contribution in [3.8, 4) is 0 Å². The summed E-state index contributed by atoms with van der Waals surface area (Å²) in [4.78, 5) is 13.8. The third kappa shape index (κ3) is 1.31. The number of hydrogen-bond acceptors (Lipinski definition) is 1. The van der Waals surface area contributed by atoms with Gasteiger partial charge in [0.05, 0.1) is 5.02 Å². The molecule has 0 aromatic carbocycles. The van der Waals surface area contributed by atoms with Crippen LogP contribution in [0.2, 0.25) is 5.02 Å². The Kier molecular flexibility index (Phi) is 2.05. The van der Waals surface area contributed by atoms with E-state index in [1.807, 2.05) is 13.8 Å². The normalized spacial score (nSPS) is 10.2. The zero-order valence-corrected chi connectivity index (χ0v) is 7.54. The van der Waals surface area contributed by atoms with Crippen LogP contribution in [-0.2, 0) is 0 Å². The van der Waals surface area contributed by atoms with Gasteiger partial charge in [-0.25, -0.2) is 0 Å². The molecule has 3 heteroatoms. The second kappa shape index (κ2) is 2.70. The molecular formula is C8H10ClNO. The van der Waals surface area contributed by atoms with E-state index < -0.39 is 0 Å². The lowest BCUT2D eigenvalue weighted by Crippen LogP contribution is -2.12. The standard InChI is InChI=1S/C8H10ClNO/c1-4-6(3)10-8(11)5(2)7(4)9/h1-3H3,(H,10,11). The van der Waals surface area contributed by atoms with E-state index in [0.717, 1.165) is 11.3 Å². The summed E-state index contributed by atoms with van der Waals surface area (Å²) in [6, 6.07) is 0. The predicted octanol–water partition coefficient (Wildman–Crippen LogP) is 1.95. The minimum absolute atomic E-state index is 0.0990.